The number of nitrogens with zero attached hydrogens (tertiary/aromatic N) is 1. The number of amides is 2. The zero-order chi connectivity index (χ0) is 13.3. The number of thioether (sulfide) groups is 1. The molecule has 0 radical (unpaired) electrons. The van der Waals surface area contributed by atoms with Crippen LogP contribution in [0.4, 0.5) is 0 Å². The predicted molar refractivity (Wildman–Crippen MR) is 70.0 cm³/mol. The molecule has 2 saturated heterocycles. The first-order valence-electron chi connectivity index (χ1n) is 6.35. The Labute approximate surface area is 111 Å². The highest BCUT2D eigenvalue weighted by molar-refractivity contribution is 8.01. The number of nitrogens with one attached hydrogen (secondary N) is 1. The molecule has 5 nitrogen and oxygen atoms in total. The summed E-state index contributed by atoms with van der Waals surface area (Å²) in [6.07, 6.45) is 1.91. The minimum atomic E-state index is -0.351. The molecule has 0 aromatic carbocycles. The molecule has 0 aliphatic carbocycles. The standard InChI is InChI=1S/C12H20N2O3S/c1-8(4-6-15)13-11(17)9-7-18-12(2)5-3-10(16)14(9)12/h8-9,15H,3-7H2,1-2H3,(H,13,17). The number of aliphatic hydroxyl groups excluding tert-OH is 1. The van der Waals surface area contributed by atoms with E-state index in [4.69, 9.17) is 5.11 Å². The molecule has 2 N–H and O–H groups in total. The summed E-state index contributed by atoms with van der Waals surface area (Å²) in [5.74, 6) is 0.653. The number of fused-ring (bicyclic) bond motifs is 1. The molecule has 6 heteroatoms. The molecule has 102 valence electrons. The van der Waals surface area contributed by atoms with Crippen LogP contribution in [0.15, 0.2) is 0 Å². The lowest BCUT2D eigenvalue weighted by Crippen LogP contribution is -2.51. The van der Waals surface area contributed by atoms with E-state index in [1.807, 2.05) is 13.8 Å². The quantitative estimate of drug-likeness (QED) is 0.773. The van der Waals surface area contributed by atoms with Crippen LogP contribution in [0.5, 0.6) is 0 Å². The zero-order valence-electron chi connectivity index (χ0n) is 10.8. The molecule has 3 atom stereocenters. The first kappa shape index (κ1) is 13.7. The maximum absolute atomic E-state index is 12.2. The van der Waals surface area contributed by atoms with Gasteiger partial charge in [0.1, 0.15) is 6.04 Å². The maximum atomic E-state index is 12.2. The number of hydrogen-bond acceptors (Lipinski definition) is 4. The van der Waals surface area contributed by atoms with E-state index in [9.17, 15) is 9.59 Å². The normalized spacial score (nSPS) is 32.5. The summed E-state index contributed by atoms with van der Waals surface area (Å²) in [5.41, 5.74) is 0. The minimum Gasteiger partial charge on any atom is -0.396 e. The Hall–Kier alpha value is -0.750. The number of rotatable bonds is 4. The van der Waals surface area contributed by atoms with Crippen molar-refractivity contribution < 1.29 is 14.7 Å². The van der Waals surface area contributed by atoms with E-state index in [1.165, 1.54) is 0 Å². The lowest BCUT2D eigenvalue weighted by molar-refractivity contribution is -0.138. The first-order chi connectivity index (χ1) is 8.48. The van der Waals surface area contributed by atoms with Crippen LogP contribution >= 0.6 is 11.8 Å². The van der Waals surface area contributed by atoms with Crippen molar-refractivity contribution in [3.05, 3.63) is 0 Å². The third kappa shape index (κ3) is 2.36. The van der Waals surface area contributed by atoms with Crippen molar-refractivity contribution in [2.24, 2.45) is 0 Å². The SMILES string of the molecule is CC(CCO)NC(=O)C1CSC2(C)CCC(=O)N12. The van der Waals surface area contributed by atoms with Gasteiger partial charge in [0.15, 0.2) is 0 Å². The average molecular weight is 272 g/mol. The van der Waals surface area contributed by atoms with Crippen molar-refractivity contribution in [1.82, 2.24) is 10.2 Å². The van der Waals surface area contributed by atoms with Gasteiger partial charge in [-0.2, -0.15) is 0 Å². The van der Waals surface area contributed by atoms with Crippen LogP contribution in [0.3, 0.4) is 0 Å². The van der Waals surface area contributed by atoms with E-state index in [0.29, 0.717) is 18.6 Å². The van der Waals surface area contributed by atoms with E-state index in [1.54, 1.807) is 16.7 Å². The summed E-state index contributed by atoms with van der Waals surface area (Å²) in [6.45, 7) is 3.95. The molecule has 2 aliphatic rings. The van der Waals surface area contributed by atoms with Crippen LogP contribution in [0.2, 0.25) is 0 Å². The summed E-state index contributed by atoms with van der Waals surface area (Å²) < 4.78 is 0. The first-order valence-corrected chi connectivity index (χ1v) is 7.34. The Bertz CT molecular complexity index is 363. The molecule has 2 amide bonds. The van der Waals surface area contributed by atoms with Crippen molar-refractivity contribution in [2.45, 2.75) is 50.1 Å². The van der Waals surface area contributed by atoms with E-state index < -0.39 is 0 Å². The van der Waals surface area contributed by atoms with Gasteiger partial charge in [0, 0.05) is 24.8 Å². The molecule has 0 bridgehead atoms. The summed E-state index contributed by atoms with van der Waals surface area (Å²) in [7, 11) is 0. The Morgan fingerprint density at radius 2 is 2.44 bits per heavy atom. The van der Waals surface area contributed by atoms with Crippen LogP contribution in [0.25, 0.3) is 0 Å². The average Bonchev–Trinajstić information content (AvgIpc) is 2.77. The highest BCUT2D eigenvalue weighted by Crippen LogP contribution is 2.47. The second kappa shape index (κ2) is 5.09. The van der Waals surface area contributed by atoms with Gasteiger partial charge < -0.3 is 15.3 Å². The number of aliphatic hydroxyl groups is 1. The van der Waals surface area contributed by atoms with Crippen LogP contribution in [0.1, 0.15) is 33.1 Å². The Morgan fingerprint density at radius 3 is 3.11 bits per heavy atom. The van der Waals surface area contributed by atoms with Gasteiger partial charge in [-0.15, -0.1) is 11.8 Å². The zero-order valence-corrected chi connectivity index (χ0v) is 11.6. The van der Waals surface area contributed by atoms with Crippen molar-refractivity contribution in [3.8, 4) is 0 Å². The highest BCUT2D eigenvalue weighted by Gasteiger charge is 2.52. The van der Waals surface area contributed by atoms with Crippen molar-refractivity contribution in [1.29, 1.82) is 0 Å². The van der Waals surface area contributed by atoms with Gasteiger partial charge >= 0.3 is 0 Å². The second-order valence-electron chi connectivity index (χ2n) is 5.19. The van der Waals surface area contributed by atoms with Gasteiger partial charge in [-0.1, -0.05) is 0 Å². The molecular formula is C12H20N2O3S. The monoisotopic (exact) mass is 272 g/mol. The van der Waals surface area contributed by atoms with Crippen LogP contribution < -0.4 is 5.32 Å². The van der Waals surface area contributed by atoms with Gasteiger partial charge in [0.25, 0.3) is 0 Å². The molecule has 0 aromatic rings. The van der Waals surface area contributed by atoms with Gasteiger partial charge in [-0.25, -0.2) is 0 Å². The lowest BCUT2D eigenvalue weighted by atomic mass is 10.2. The van der Waals surface area contributed by atoms with E-state index >= 15 is 0 Å². The van der Waals surface area contributed by atoms with Crippen LogP contribution in [-0.2, 0) is 9.59 Å². The van der Waals surface area contributed by atoms with E-state index in [0.717, 1.165) is 6.42 Å². The number of carbonyl (C=O) groups excluding carboxylic acids is 2. The summed E-state index contributed by atoms with van der Waals surface area (Å²) >= 11 is 1.69. The lowest BCUT2D eigenvalue weighted by Gasteiger charge is -2.30. The summed E-state index contributed by atoms with van der Waals surface area (Å²) in [6, 6.07) is -0.409. The van der Waals surface area contributed by atoms with Gasteiger partial charge in [0.2, 0.25) is 11.8 Å². The third-order valence-corrected chi connectivity index (χ3v) is 5.20. The van der Waals surface area contributed by atoms with Gasteiger partial charge in [0.05, 0.1) is 4.87 Å². The third-order valence-electron chi connectivity index (χ3n) is 3.70. The smallest absolute Gasteiger partial charge is 0.243 e. The second-order valence-corrected chi connectivity index (χ2v) is 6.69. The largest absolute Gasteiger partial charge is 0.396 e. The molecule has 2 rings (SSSR count). The van der Waals surface area contributed by atoms with Crippen molar-refractivity contribution in [3.63, 3.8) is 0 Å². The van der Waals surface area contributed by atoms with Crippen molar-refractivity contribution >= 4 is 23.6 Å². The molecular weight excluding hydrogens is 252 g/mol. The molecule has 0 spiro atoms. The Morgan fingerprint density at radius 1 is 1.72 bits per heavy atom. The van der Waals surface area contributed by atoms with E-state index in [2.05, 4.69) is 5.32 Å². The van der Waals surface area contributed by atoms with Gasteiger partial charge in [-0.3, -0.25) is 9.59 Å². The van der Waals surface area contributed by atoms with Crippen LogP contribution in [-0.4, -0.2) is 51.1 Å². The predicted octanol–water partition coefficient (Wildman–Crippen LogP) is 0.327. The fourth-order valence-corrected chi connectivity index (χ4v) is 4.05. The van der Waals surface area contributed by atoms with Crippen molar-refractivity contribution in [2.75, 3.05) is 12.4 Å². The molecule has 2 fully saturated rings. The number of carbonyl (C=O) groups is 2. The molecule has 0 saturated carbocycles. The fraction of sp³-hybridized carbons (Fsp3) is 0.833. The van der Waals surface area contributed by atoms with E-state index in [-0.39, 0.29) is 35.4 Å². The molecule has 18 heavy (non-hydrogen) atoms. The van der Waals surface area contributed by atoms with Crippen LogP contribution in [0, 0.1) is 0 Å². The molecule has 2 aliphatic heterocycles. The Balaban J connectivity index is 2.01. The fourth-order valence-electron chi connectivity index (χ4n) is 2.62. The molecule has 3 unspecified atom stereocenters. The molecule has 2 heterocycles. The highest BCUT2D eigenvalue weighted by atomic mass is 32.2. The van der Waals surface area contributed by atoms with Gasteiger partial charge in [-0.05, 0) is 26.7 Å². The summed E-state index contributed by atoms with van der Waals surface area (Å²) in [5, 5.41) is 11.7. The number of hydrogen-bond donors (Lipinski definition) is 2. The topological polar surface area (TPSA) is 69.6 Å². The maximum Gasteiger partial charge on any atom is 0.243 e. The minimum absolute atomic E-state index is 0.0568. The molecule has 0 aromatic heterocycles. The summed E-state index contributed by atoms with van der Waals surface area (Å²) in [4.78, 5) is 25.6. The Kier molecular flexibility index (Phi) is 3.87.